The Labute approximate surface area is 297 Å². The van der Waals surface area contributed by atoms with Crippen molar-refractivity contribution in [3.05, 3.63) is 29.8 Å². The zero-order valence-electron chi connectivity index (χ0n) is 29.6. The van der Waals surface area contributed by atoms with Crippen LogP contribution in [-0.2, 0) is 40.0 Å². The normalized spacial score (nSPS) is 22.8. The molecule has 1 aromatic carbocycles. The Morgan fingerprint density at radius 1 is 1.00 bits per heavy atom. The second kappa shape index (κ2) is 19.0. The predicted octanol–water partition coefficient (Wildman–Crippen LogP) is -2.43. The number of primary amides is 2. The number of likely N-dealkylation sites (tertiary alicyclic amines) is 1. The summed E-state index contributed by atoms with van der Waals surface area (Å²) >= 11 is 0. The lowest BCUT2D eigenvalue weighted by atomic mass is 9.96. The van der Waals surface area contributed by atoms with Gasteiger partial charge in [0.2, 0.25) is 35.4 Å². The van der Waals surface area contributed by atoms with Crippen LogP contribution in [0.1, 0.15) is 58.9 Å². The van der Waals surface area contributed by atoms with E-state index in [1.807, 2.05) is 13.8 Å². The number of aliphatic hydroxyl groups excluding tert-OH is 1. The lowest BCUT2D eigenvalue weighted by Crippen LogP contribution is -2.59. The first-order valence-corrected chi connectivity index (χ1v) is 17.3. The molecule has 3 aliphatic rings. The van der Waals surface area contributed by atoms with Crippen LogP contribution in [0.15, 0.2) is 24.3 Å². The molecule has 1 fully saturated rings. The van der Waals surface area contributed by atoms with Crippen molar-refractivity contribution in [3.63, 3.8) is 0 Å². The first-order chi connectivity index (χ1) is 24.1. The van der Waals surface area contributed by atoms with Crippen LogP contribution >= 0.6 is 0 Å². The van der Waals surface area contributed by atoms with E-state index in [4.69, 9.17) is 16.2 Å². The van der Waals surface area contributed by atoms with Gasteiger partial charge in [-0.2, -0.15) is 0 Å². The molecule has 3 heterocycles. The number of carbonyl (C=O) groups is 7. The maximum atomic E-state index is 13.7. The van der Waals surface area contributed by atoms with E-state index in [1.165, 1.54) is 0 Å². The van der Waals surface area contributed by atoms with Crippen LogP contribution in [0.25, 0.3) is 0 Å². The first kappa shape index (κ1) is 40.7. The Balaban J connectivity index is 1.82. The van der Waals surface area contributed by atoms with Crippen LogP contribution < -0.4 is 42.8 Å². The van der Waals surface area contributed by atoms with Gasteiger partial charge >= 0.3 is 0 Å². The number of carbonyl (C=O) groups excluding carboxylic acids is 7. The Morgan fingerprint density at radius 3 is 2.29 bits per heavy atom. The average molecular weight is 717 g/mol. The summed E-state index contributed by atoms with van der Waals surface area (Å²) in [6.45, 7) is 6.76. The van der Waals surface area contributed by atoms with Crippen LogP contribution in [0.4, 0.5) is 0 Å². The Kier molecular flexibility index (Phi) is 15.2. The minimum atomic E-state index is -1.40. The van der Waals surface area contributed by atoms with Crippen LogP contribution in [0.3, 0.4) is 0 Å². The van der Waals surface area contributed by atoms with Gasteiger partial charge in [-0.25, -0.2) is 0 Å². The van der Waals surface area contributed by atoms with Gasteiger partial charge in [0, 0.05) is 6.54 Å². The van der Waals surface area contributed by atoms with Gasteiger partial charge in [0.05, 0.1) is 31.2 Å². The largest absolute Gasteiger partial charge is 0.484 e. The van der Waals surface area contributed by atoms with Crippen LogP contribution in [0.2, 0.25) is 0 Å². The van der Waals surface area contributed by atoms with Gasteiger partial charge in [0.15, 0.2) is 6.61 Å². The number of nitrogens with one attached hydrogen (secondary N) is 5. The molecule has 17 nitrogen and oxygen atoms in total. The highest BCUT2D eigenvalue weighted by Crippen LogP contribution is 2.21. The number of β-amino-alcohol motifs (C(OH)–C–C–N with tert-alkyl or cyclic N) is 1. The number of nitrogens with two attached hydrogens (primary N) is 2. The number of nitrogens with zero attached hydrogens (tertiary/aromatic N) is 1. The summed E-state index contributed by atoms with van der Waals surface area (Å²) in [6.07, 6.45) is -0.0211. The van der Waals surface area contributed by atoms with E-state index >= 15 is 0 Å². The van der Waals surface area contributed by atoms with Crippen molar-refractivity contribution in [2.45, 2.75) is 96.1 Å². The van der Waals surface area contributed by atoms with E-state index in [0.717, 1.165) is 0 Å². The standard InChI is InChI=1S/C34H52N8O9/c1-5-19(4)30(34(50)40-29(18(2)3)31(36)47)41-33(49)24-7-6-12-42(24)16-25(43)22-13-20-8-10-21(11-9-20)51-17-28(46)37-15-27(45)38-23(14-26(35)44)32(48)39-22/h8-11,18-19,22-25,29-30,43H,5-7,12-17H2,1-4H3,(H2,35,44)(H2,36,47)(H,37,46)(H,38,45)(H,39,48)(H,40,50)(H,41,49)/t19-,22+,23-,24-,25-,29-,30-/m0/s1. The smallest absolute Gasteiger partial charge is 0.258 e. The molecule has 282 valence electrons. The second-order valence-electron chi connectivity index (χ2n) is 13.5. The zero-order valence-corrected chi connectivity index (χ0v) is 29.6. The quantitative estimate of drug-likeness (QED) is 0.100. The van der Waals surface area contributed by atoms with Crippen molar-refractivity contribution in [2.24, 2.45) is 23.3 Å². The van der Waals surface area contributed by atoms with E-state index in [0.29, 0.717) is 37.1 Å². The van der Waals surface area contributed by atoms with Crippen LogP contribution in [0, 0.1) is 11.8 Å². The number of aliphatic hydroxyl groups is 1. The molecule has 4 rings (SSSR count). The molecule has 0 unspecified atom stereocenters. The van der Waals surface area contributed by atoms with Gasteiger partial charge in [-0.3, -0.25) is 38.5 Å². The molecule has 0 spiro atoms. The number of rotatable bonds is 13. The van der Waals surface area contributed by atoms with Gasteiger partial charge in [-0.1, -0.05) is 46.2 Å². The highest BCUT2D eigenvalue weighted by molar-refractivity contribution is 5.94. The molecule has 3 aliphatic heterocycles. The first-order valence-electron chi connectivity index (χ1n) is 17.3. The van der Waals surface area contributed by atoms with Gasteiger partial charge in [-0.15, -0.1) is 0 Å². The van der Waals surface area contributed by atoms with E-state index in [2.05, 4.69) is 26.6 Å². The third kappa shape index (κ3) is 12.2. The van der Waals surface area contributed by atoms with Crippen molar-refractivity contribution in [2.75, 3.05) is 26.2 Å². The van der Waals surface area contributed by atoms with Crippen molar-refractivity contribution in [1.82, 2.24) is 31.5 Å². The minimum absolute atomic E-state index is 0.0413. The number of benzene rings is 1. The second-order valence-corrected chi connectivity index (χ2v) is 13.5. The van der Waals surface area contributed by atoms with E-state index < -0.39 is 90.6 Å². The van der Waals surface area contributed by atoms with E-state index in [1.54, 1.807) is 43.0 Å². The zero-order chi connectivity index (χ0) is 37.8. The molecule has 2 bridgehead atoms. The number of fused-ring (bicyclic) bond motifs is 13. The van der Waals surface area contributed by atoms with Gasteiger partial charge in [0.1, 0.15) is 23.9 Å². The summed E-state index contributed by atoms with van der Waals surface area (Å²) in [5, 5.41) is 24.7. The molecular formula is C34H52N8O9. The minimum Gasteiger partial charge on any atom is -0.484 e. The molecule has 0 radical (unpaired) electrons. The highest BCUT2D eigenvalue weighted by Gasteiger charge is 2.38. The number of hydrogen-bond donors (Lipinski definition) is 8. The number of amides is 7. The maximum absolute atomic E-state index is 13.7. The number of hydrogen-bond acceptors (Lipinski definition) is 10. The van der Waals surface area contributed by atoms with Crippen molar-refractivity contribution < 1.29 is 43.4 Å². The fourth-order valence-electron chi connectivity index (χ4n) is 6.05. The number of ether oxygens (including phenoxy) is 1. The van der Waals surface area contributed by atoms with E-state index in [9.17, 15) is 38.7 Å². The molecule has 0 aromatic heterocycles. The summed E-state index contributed by atoms with van der Waals surface area (Å²) in [4.78, 5) is 90.7. The SMILES string of the molecule is CC[C@H](C)[C@H](NC(=O)[C@@H]1CCCN1C[C@H](O)[C@H]1Cc2ccc(cc2)OCC(=O)NCC(=O)N[C@@H](CC(N)=O)C(=O)N1)C(=O)N[C@H](C(N)=O)C(C)C. The molecular weight excluding hydrogens is 664 g/mol. The summed E-state index contributed by atoms with van der Waals surface area (Å²) in [7, 11) is 0. The third-order valence-corrected chi connectivity index (χ3v) is 9.20. The lowest BCUT2D eigenvalue weighted by molar-refractivity contribution is -0.134. The van der Waals surface area contributed by atoms with Crippen molar-refractivity contribution in [1.29, 1.82) is 0 Å². The van der Waals surface area contributed by atoms with Crippen molar-refractivity contribution in [3.8, 4) is 5.75 Å². The van der Waals surface area contributed by atoms with Crippen molar-refractivity contribution >= 4 is 41.4 Å². The Morgan fingerprint density at radius 2 is 1.69 bits per heavy atom. The Bertz CT molecular complexity index is 1420. The average Bonchev–Trinajstić information content (AvgIpc) is 3.54. The van der Waals surface area contributed by atoms with E-state index in [-0.39, 0.29) is 31.4 Å². The topological polar surface area (TPSA) is 264 Å². The summed E-state index contributed by atoms with van der Waals surface area (Å²) in [5.41, 5.74) is 11.5. The maximum Gasteiger partial charge on any atom is 0.258 e. The molecule has 51 heavy (non-hydrogen) atoms. The van der Waals surface area contributed by atoms with Gasteiger partial charge < -0.3 is 47.9 Å². The Hall–Kier alpha value is -4.77. The summed E-state index contributed by atoms with van der Waals surface area (Å²) < 4.78 is 5.48. The molecule has 0 aliphatic carbocycles. The monoisotopic (exact) mass is 716 g/mol. The molecule has 17 heteroatoms. The molecule has 7 atom stereocenters. The summed E-state index contributed by atoms with van der Waals surface area (Å²) in [5.74, 6) is -4.74. The molecule has 1 aromatic rings. The van der Waals surface area contributed by atoms with Crippen LogP contribution in [-0.4, -0.2) is 114 Å². The van der Waals surface area contributed by atoms with Crippen LogP contribution in [0.5, 0.6) is 5.75 Å². The molecule has 7 amide bonds. The molecule has 1 saturated heterocycles. The fourth-order valence-corrected chi connectivity index (χ4v) is 6.05. The third-order valence-electron chi connectivity index (χ3n) is 9.20. The molecule has 10 N–H and O–H groups in total. The summed E-state index contributed by atoms with van der Waals surface area (Å²) in [6, 6.07) is 1.76. The highest BCUT2D eigenvalue weighted by atomic mass is 16.5. The predicted molar refractivity (Wildman–Crippen MR) is 184 cm³/mol. The van der Waals surface area contributed by atoms with Gasteiger partial charge in [0.25, 0.3) is 5.91 Å². The van der Waals surface area contributed by atoms with Gasteiger partial charge in [-0.05, 0) is 55.3 Å². The fraction of sp³-hybridized carbons (Fsp3) is 0.618. The lowest BCUT2D eigenvalue weighted by Gasteiger charge is -2.33. The molecule has 0 saturated carbocycles.